The number of pyridine rings is 1. The molecule has 152 valence electrons. The van der Waals surface area contributed by atoms with Gasteiger partial charge < -0.3 is 24.4 Å². The number of rotatable bonds is 5. The van der Waals surface area contributed by atoms with Crippen LogP contribution in [0.3, 0.4) is 0 Å². The number of carbonyl (C=O) groups excluding carboxylic acids is 2. The van der Waals surface area contributed by atoms with Crippen LogP contribution in [0.25, 0.3) is 21.9 Å². The van der Waals surface area contributed by atoms with Gasteiger partial charge in [-0.15, -0.1) is 0 Å². The molecule has 0 bridgehead atoms. The SMILES string of the molecule is COc1cc2c(cc1NC(=O)C(C)OC(=O)c1cc[n+]([O-])cc1)oc1ccccc12. The Morgan fingerprint density at radius 3 is 2.53 bits per heavy atom. The largest absolute Gasteiger partial charge is 0.619 e. The highest BCUT2D eigenvalue weighted by molar-refractivity contribution is 6.08. The average molecular weight is 406 g/mol. The first-order valence-electron chi connectivity index (χ1n) is 9.16. The van der Waals surface area contributed by atoms with Crippen molar-refractivity contribution in [2.45, 2.75) is 13.0 Å². The summed E-state index contributed by atoms with van der Waals surface area (Å²) in [5.74, 6) is -0.797. The number of nitrogens with zero attached hydrogens (tertiary/aromatic N) is 1. The lowest BCUT2D eigenvalue weighted by molar-refractivity contribution is -0.605. The number of nitrogens with one attached hydrogen (secondary N) is 1. The molecule has 1 atom stereocenters. The maximum atomic E-state index is 12.6. The molecule has 1 N–H and O–H groups in total. The van der Waals surface area contributed by atoms with E-state index in [-0.39, 0.29) is 5.56 Å². The molecule has 2 heterocycles. The monoisotopic (exact) mass is 406 g/mol. The molecule has 1 amide bonds. The van der Waals surface area contributed by atoms with Crippen LogP contribution in [0.1, 0.15) is 17.3 Å². The molecule has 0 spiro atoms. The molecule has 0 aliphatic carbocycles. The molecular weight excluding hydrogens is 388 g/mol. The van der Waals surface area contributed by atoms with Crippen molar-refractivity contribution in [3.8, 4) is 5.75 Å². The Balaban J connectivity index is 1.55. The van der Waals surface area contributed by atoms with E-state index in [2.05, 4.69) is 5.32 Å². The number of benzene rings is 2. The standard InChI is InChI=1S/C22H18N2O6/c1-13(29-22(26)14-7-9-24(27)10-8-14)21(25)23-17-12-19-16(11-20(17)28-2)15-5-3-4-6-18(15)30-19/h3-13H,1-2H3,(H,23,25). The highest BCUT2D eigenvalue weighted by atomic mass is 16.5. The number of aromatic nitrogens is 1. The van der Waals surface area contributed by atoms with Crippen molar-refractivity contribution in [3.05, 3.63) is 71.7 Å². The topological polar surface area (TPSA) is 105 Å². The fourth-order valence-electron chi connectivity index (χ4n) is 3.08. The van der Waals surface area contributed by atoms with Crippen molar-refractivity contribution in [2.24, 2.45) is 0 Å². The molecule has 1 unspecified atom stereocenters. The lowest BCUT2D eigenvalue weighted by Crippen LogP contribution is -2.30. The van der Waals surface area contributed by atoms with Crippen LogP contribution < -0.4 is 14.8 Å². The number of anilines is 1. The van der Waals surface area contributed by atoms with Crippen LogP contribution in [0, 0.1) is 5.21 Å². The summed E-state index contributed by atoms with van der Waals surface area (Å²) in [7, 11) is 1.50. The number of furan rings is 1. The highest BCUT2D eigenvalue weighted by Gasteiger charge is 2.21. The average Bonchev–Trinajstić information content (AvgIpc) is 3.10. The summed E-state index contributed by atoms with van der Waals surface area (Å²) < 4.78 is 17.0. The van der Waals surface area contributed by atoms with Crippen molar-refractivity contribution < 1.29 is 28.2 Å². The summed E-state index contributed by atoms with van der Waals surface area (Å²) in [6.07, 6.45) is 1.27. The number of ether oxygens (including phenoxy) is 2. The molecule has 4 aromatic rings. The number of hydrogen-bond donors (Lipinski definition) is 1. The fraction of sp³-hybridized carbons (Fsp3) is 0.136. The zero-order valence-electron chi connectivity index (χ0n) is 16.2. The third kappa shape index (κ3) is 3.62. The minimum Gasteiger partial charge on any atom is -0.619 e. The van der Waals surface area contributed by atoms with Crippen molar-refractivity contribution in [3.63, 3.8) is 0 Å². The van der Waals surface area contributed by atoms with Crippen LogP contribution in [-0.2, 0) is 9.53 Å². The van der Waals surface area contributed by atoms with Gasteiger partial charge in [-0.05, 0) is 19.1 Å². The van der Waals surface area contributed by atoms with Crippen molar-refractivity contribution in [2.75, 3.05) is 12.4 Å². The molecule has 0 saturated carbocycles. The molecule has 0 saturated heterocycles. The second kappa shape index (κ2) is 7.75. The molecule has 4 rings (SSSR count). The van der Waals surface area contributed by atoms with E-state index in [9.17, 15) is 14.8 Å². The number of para-hydroxylation sites is 1. The summed E-state index contributed by atoms with van der Waals surface area (Å²) in [6, 6.07) is 13.7. The normalized spacial score (nSPS) is 11.9. The first-order chi connectivity index (χ1) is 14.5. The van der Waals surface area contributed by atoms with Crippen LogP contribution in [-0.4, -0.2) is 25.1 Å². The van der Waals surface area contributed by atoms with Crippen LogP contribution in [0.5, 0.6) is 5.75 Å². The number of fused-ring (bicyclic) bond motifs is 3. The Labute approximate surface area is 171 Å². The number of carbonyl (C=O) groups is 2. The molecule has 0 aliphatic heterocycles. The Morgan fingerprint density at radius 2 is 1.80 bits per heavy atom. The fourth-order valence-corrected chi connectivity index (χ4v) is 3.08. The molecule has 0 fully saturated rings. The zero-order chi connectivity index (χ0) is 21.3. The third-order valence-corrected chi connectivity index (χ3v) is 4.65. The minimum atomic E-state index is -1.08. The molecule has 0 aliphatic rings. The van der Waals surface area contributed by atoms with Gasteiger partial charge in [-0.25, -0.2) is 4.79 Å². The lowest BCUT2D eigenvalue weighted by Gasteiger charge is -2.15. The summed E-state index contributed by atoms with van der Waals surface area (Å²) in [5.41, 5.74) is 1.88. The molecule has 30 heavy (non-hydrogen) atoms. The summed E-state index contributed by atoms with van der Waals surface area (Å²) >= 11 is 0. The van der Waals surface area contributed by atoms with Gasteiger partial charge in [-0.3, -0.25) is 4.79 Å². The van der Waals surface area contributed by atoms with E-state index >= 15 is 0 Å². The van der Waals surface area contributed by atoms with Crippen LogP contribution in [0.2, 0.25) is 0 Å². The summed E-state index contributed by atoms with van der Waals surface area (Å²) in [5, 5.41) is 15.6. The maximum absolute atomic E-state index is 12.6. The number of methoxy groups -OCH3 is 1. The summed E-state index contributed by atoms with van der Waals surface area (Å²) in [4.78, 5) is 24.7. The smallest absolute Gasteiger partial charge is 0.339 e. The summed E-state index contributed by atoms with van der Waals surface area (Å²) in [6.45, 7) is 1.45. The van der Waals surface area contributed by atoms with Gasteiger partial charge in [0.15, 0.2) is 18.5 Å². The Hall–Kier alpha value is -4.07. The molecule has 8 heteroatoms. The Kier molecular flexibility index (Phi) is 4.97. The predicted octanol–water partition coefficient (Wildman–Crippen LogP) is 3.41. The number of hydrogen-bond acceptors (Lipinski definition) is 6. The molecule has 0 radical (unpaired) electrons. The molecule has 8 nitrogen and oxygen atoms in total. The lowest BCUT2D eigenvalue weighted by atomic mass is 10.1. The molecule has 2 aromatic heterocycles. The van der Waals surface area contributed by atoms with Gasteiger partial charge in [0.1, 0.15) is 16.9 Å². The van der Waals surface area contributed by atoms with E-state index in [0.29, 0.717) is 21.8 Å². The van der Waals surface area contributed by atoms with Crippen LogP contribution >= 0.6 is 0 Å². The molecule has 2 aromatic carbocycles. The van der Waals surface area contributed by atoms with E-state index in [1.807, 2.05) is 24.3 Å². The maximum Gasteiger partial charge on any atom is 0.339 e. The molecular formula is C22H18N2O6. The minimum absolute atomic E-state index is 0.169. The van der Waals surface area contributed by atoms with Crippen molar-refractivity contribution in [1.82, 2.24) is 0 Å². The van der Waals surface area contributed by atoms with Gasteiger partial charge in [0.25, 0.3) is 5.91 Å². The predicted molar refractivity (Wildman–Crippen MR) is 109 cm³/mol. The zero-order valence-corrected chi connectivity index (χ0v) is 16.2. The first kappa shape index (κ1) is 19.3. The second-order valence-electron chi connectivity index (χ2n) is 6.63. The van der Waals surface area contributed by atoms with Crippen LogP contribution in [0.4, 0.5) is 5.69 Å². The number of amides is 1. The van der Waals surface area contributed by atoms with Gasteiger partial charge in [-0.2, -0.15) is 4.73 Å². The van der Waals surface area contributed by atoms with Gasteiger partial charge >= 0.3 is 5.97 Å². The van der Waals surface area contributed by atoms with E-state index in [0.717, 1.165) is 16.4 Å². The van der Waals surface area contributed by atoms with E-state index in [1.54, 1.807) is 12.1 Å². The quantitative estimate of drug-likeness (QED) is 0.309. The van der Waals surface area contributed by atoms with Crippen molar-refractivity contribution in [1.29, 1.82) is 0 Å². The van der Waals surface area contributed by atoms with Gasteiger partial charge in [0.2, 0.25) is 0 Å². The number of esters is 1. The second-order valence-corrected chi connectivity index (χ2v) is 6.63. The van der Waals surface area contributed by atoms with E-state index in [1.165, 1.54) is 38.6 Å². The Morgan fingerprint density at radius 1 is 1.07 bits per heavy atom. The van der Waals surface area contributed by atoms with Gasteiger partial charge in [0.05, 0.1) is 18.4 Å². The van der Waals surface area contributed by atoms with E-state index < -0.39 is 18.0 Å². The van der Waals surface area contributed by atoms with Crippen LogP contribution in [0.15, 0.2) is 65.3 Å². The van der Waals surface area contributed by atoms with E-state index in [4.69, 9.17) is 13.9 Å². The van der Waals surface area contributed by atoms with Gasteiger partial charge in [0, 0.05) is 29.0 Å². The van der Waals surface area contributed by atoms with Crippen molar-refractivity contribution >= 4 is 39.5 Å². The third-order valence-electron chi connectivity index (χ3n) is 4.65. The Bertz CT molecular complexity index is 1250. The first-order valence-corrected chi connectivity index (χ1v) is 9.16. The van der Waals surface area contributed by atoms with Gasteiger partial charge in [-0.1, -0.05) is 18.2 Å². The highest BCUT2D eigenvalue weighted by Crippen LogP contribution is 2.36.